The molecule has 3 heteroatoms. The van der Waals surface area contributed by atoms with Crippen molar-refractivity contribution in [1.29, 1.82) is 0 Å². The summed E-state index contributed by atoms with van der Waals surface area (Å²) in [4.78, 5) is 2.67. The van der Waals surface area contributed by atoms with Gasteiger partial charge in [-0.2, -0.15) is 0 Å². The molecule has 1 saturated carbocycles. The average molecular weight is 293 g/mol. The predicted octanol–water partition coefficient (Wildman–Crippen LogP) is 3.99. The number of hydrogen-bond donors (Lipinski definition) is 1. The van der Waals surface area contributed by atoms with Crippen LogP contribution in [0.5, 0.6) is 0 Å². The van der Waals surface area contributed by atoms with E-state index in [4.69, 9.17) is 17.3 Å². The fourth-order valence-electron chi connectivity index (χ4n) is 4.28. The third-order valence-corrected chi connectivity index (χ3v) is 5.33. The molecule has 0 radical (unpaired) electrons. The largest absolute Gasteiger partial charge is 0.326 e. The van der Waals surface area contributed by atoms with Gasteiger partial charge in [0.15, 0.2) is 0 Å². The molecule has 20 heavy (non-hydrogen) atoms. The van der Waals surface area contributed by atoms with Gasteiger partial charge in [-0.1, -0.05) is 36.6 Å². The van der Waals surface area contributed by atoms with Crippen LogP contribution in [0.25, 0.3) is 0 Å². The Bertz CT molecular complexity index is 460. The van der Waals surface area contributed by atoms with Gasteiger partial charge in [-0.15, -0.1) is 0 Å². The Balaban J connectivity index is 1.87. The summed E-state index contributed by atoms with van der Waals surface area (Å²) in [6.45, 7) is 3.32. The lowest BCUT2D eigenvalue weighted by atomic mass is 9.84. The van der Waals surface area contributed by atoms with E-state index in [1.807, 2.05) is 12.1 Å². The highest BCUT2D eigenvalue weighted by Gasteiger charge is 2.40. The van der Waals surface area contributed by atoms with Crippen LogP contribution in [0.2, 0.25) is 5.02 Å². The normalized spacial score (nSPS) is 29.9. The van der Waals surface area contributed by atoms with E-state index < -0.39 is 0 Å². The molecule has 2 N–H and O–H groups in total. The molecule has 1 aliphatic heterocycles. The fraction of sp³-hybridized carbons (Fsp3) is 0.647. The number of nitrogens with zero attached hydrogens (tertiary/aromatic N) is 1. The van der Waals surface area contributed by atoms with Gasteiger partial charge >= 0.3 is 0 Å². The van der Waals surface area contributed by atoms with Crippen molar-refractivity contribution >= 4 is 11.6 Å². The minimum absolute atomic E-state index is 0.133. The van der Waals surface area contributed by atoms with E-state index >= 15 is 0 Å². The van der Waals surface area contributed by atoms with Gasteiger partial charge in [0, 0.05) is 23.1 Å². The average Bonchev–Trinajstić information content (AvgIpc) is 2.83. The Hall–Kier alpha value is -0.570. The SMILES string of the molecule is CC(N)C(c1cccc(Cl)c1)N1CCC2CCCCC21. The zero-order valence-electron chi connectivity index (χ0n) is 12.3. The molecule has 0 aromatic heterocycles. The summed E-state index contributed by atoms with van der Waals surface area (Å²) in [5.41, 5.74) is 7.61. The zero-order chi connectivity index (χ0) is 14.1. The topological polar surface area (TPSA) is 29.3 Å². The molecule has 0 amide bonds. The third kappa shape index (κ3) is 2.74. The fourth-order valence-corrected chi connectivity index (χ4v) is 4.47. The van der Waals surface area contributed by atoms with Gasteiger partial charge in [0.05, 0.1) is 0 Å². The van der Waals surface area contributed by atoms with Crippen LogP contribution in [0.15, 0.2) is 24.3 Å². The lowest BCUT2D eigenvalue weighted by Gasteiger charge is -2.39. The number of halogens is 1. The maximum absolute atomic E-state index is 6.34. The van der Waals surface area contributed by atoms with Crippen molar-refractivity contribution in [2.45, 2.75) is 57.2 Å². The maximum atomic E-state index is 6.34. The van der Waals surface area contributed by atoms with Crippen molar-refractivity contribution in [1.82, 2.24) is 4.90 Å². The second-order valence-corrected chi connectivity index (χ2v) is 6.93. The molecular formula is C17H25ClN2. The summed E-state index contributed by atoms with van der Waals surface area (Å²) in [6.07, 6.45) is 6.87. The monoisotopic (exact) mass is 292 g/mol. The van der Waals surface area contributed by atoms with Crippen molar-refractivity contribution in [3.05, 3.63) is 34.9 Å². The van der Waals surface area contributed by atoms with Crippen LogP contribution in [0.3, 0.4) is 0 Å². The molecule has 3 rings (SSSR count). The molecule has 4 unspecified atom stereocenters. The summed E-state index contributed by atoms with van der Waals surface area (Å²) < 4.78 is 0. The predicted molar refractivity (Wildman–Crippen MR) is 84.9 cm³/mol. The number of fused-ring (bicyclic) bond motifs is 1. The molecule has 0 bridgehead atoms. The van der Waals surface area contributed by atoms with E-state index in [9.17, 15) is 0 Å². The van der Waals surface area contributed by atoms with Crippen molar-refractivity contribution in [2.24, 2.45) is 11.7 Å². The van der Waals surface area contributed by atoms with E-state index in [-0.39, 0.29) is 6.04 Å². The zero-order valence-corrected chi connectivity index (χ0v) is 13.0. The van der Waals surface area contributed by atoms with Gasteiger partial charge < -0.3 is 5.73 Å². The first kappa shape index (κ1) is 14.4. The first-order chi connectivity index (χ1) is 9.66. The van der Waals surface area contributed by atoms with Crippen LogP contribution in [0.4, 0.5) is 0 Å². The van der Waals surface area contributed by atoms with Crippen molar-refractivity contribution in [2.75, 3.05) is 6.54 Å². The van der Waals surface area contributed by atoms with Crippen molar-refractivity contribution in [3.63, 3.8) is 0 Å². The van der Waals surface area contributed by atoms with Gasteiger partial charge in [0.25, 0.3) is 0 Å². The first-order valence-corrected chi connectivity index (χ1v) is 8.31. The molecule has 1 aliphatic carbocycles. The third-order valence-electron chi connectivity index (χ3n) is 5.10. The Morgan fingerprint density at radius 2 is 2.05 bits per heavy atom. The number of hydrogen-bond acceptors (Lipinski definition) is 2. The Kier molecular flexibility index (Phi) is 4.34. The van der Waals surface area contributed by atoms with Gasteiger partial charge in [-0.05, 0) is 56.3 Å². The number of benzene rings is 1. The molecule has 2 nitrogen and oxygen atoms in total. The van der Waals surface area contributed by atoms with Crippen molar-refractivity contribution in [3.8, 4) is 0 Å². The first-order valence-electron chi connectivity index (χ1n) is 7.93. The summed E-state index contributed by atoms with van der Waals surface area (Å²) in [5.74, 6) is 0.893. The molecule has 1 aromatic carbocycles. The van der Waals surface area contributed by atoms with E-state index in [0.717, 1.165) is 17.0 Å². The Morgan fingerprint density at radius 1 is 1.25 bits per heavy atom. The summed E-state index contributed by atoms with van der Waals surface area (Å²) in [7, 11) is 0. The van der Waals surface area contributed by atoms with Crippen LogP contribution in [-0.4, -0.2) is 23.5 Å². The van der Waals surface area contributed by atoms with Gasteiger partial charge in [-0.25, -0.2) is 0 Å². The smallest absolute Gasteiger partial charge is 0.0500 e. The lowest BCUT2D eigenvalue weighted by molar-refractivity contribution is 0.119. The number of rotatable bonds is 3. The Morgan fingerprint density at radius 3 is 2.80 bits per heavy atom. The highest BCUT2D eigenvalue weighted by molar-refractivity contribution is 6.30. The quantitative estimate of drug-likeness (QED) is 0.912. The van der Waals surface area contributed by atoms with E-state index in [1.165, 1.54) is 44.2 Å². The van der Waals surface area contributed by atoms with Crippen molar-refractivity contribution < 1.29 is 0 Å². The van der Waals surface area contributed by atoms with E-state index in [2.05, 4.69) is 24.0 Å². The molecule has 0 spiro atoms. The van der Waals surface area contributed by atoms with Crippen LogP contribution < -0.4 is 5.73 Å². The molecule has 1 heterocycles. The minimum Gasteiger partial charge on any atom is -0.326 e. The van der Waals surface area contributed by atoms with Crippen LogP contribution in [0.1, 0.15) is 50.6 Å². The summed E-state index contributed by atoms with van der Waals surface area (Å²) in [6, 6.07) is 9.43. The summed E-state index contributed by atoms with van der Waals surface area (Å²) in [5, 5.41) is 0.813. The second-order valence-electron chi connectivity index (χ2n) is 6.50. The van der Waals surface area contributed by atoms with E-state index in [1.54, 1.807) is 0 Å². The number of nitrogens with two attached hydrogens (primary N) is 1. The molecule has 110 valence electrons. The molecular weight excluding hydrogens is 268 g/mol. The lowest BCUT2D eigenvalue weighted by Crippen LogP contribution is -2.44. The number of likely N-dealkylation sites (tertiary alicyclic amines) is 1. The van der Waals surface area contributed by atoms with Gasteiger partial charge in [-0.3, -0.25) is 4.90 Å². The second kappa shape index (κ2) is 6.05. The Labute approximate surface area is 127 Å². The maximum Gasteiger partial charge on any atom is 0.0500 e. The van der Waals surface area contributed by atoms with Gasteiger partial charge in [0.2, 0.25) is 0 Å². The van der Waals surface area contributed by atoms with Crippen LogP contribution >= 0.6 is 11.6 Å². The molecule has 2 fully saturated rings. The van der Waals surface area contributed by atoms with Gasteiger partial charge in [0.1, 0.15) is 0 Å². The molecule has 1 saturated heterocycles. The highest BCUT2D eigenvalue weighted by atomic mass is 35.5. The standard InChI is InChI=1S/C17H25ClN2/c1-12(19)17(14-6-4-7-15(18)11-14)20-10-9-13-5-2-3-8-16(13)20/h4,6-7,11-13,16-17H,2-3,5,8-10,19H2,1H3. The summed E-state index contributed by atoms with van der Waals surface area (Å²) >= 11 is 6.18. The highest BCUT2D eigenvalue weighted by Crippen LogP contribution is 2.41. The minimum atomic E-state index is 0.133. The van der Waals surface area contributed by atoms with Crippen LogP contribution in [-0.2, 0) is 0 Å². The molecule has 1 aromatic rings. The molecule has 4 atom stereocenters. The van der Waals surface area contributed by atoms with E-state index in [0.29, 0.717) is 6.04 Å². The molecule has 2 aliphatic rings. The van der Waals surface area contributed by atoms with Crippen LogP contribution in [0, 0.1) is 5.92 Å².